The molecule has 32 heavy (non-hydrogen) atoms. The van der Waals surface area contributed by atoms with Crippen LogP contribution in [0.15, 0.2) is 51.5 Å². The fraction of sp³-hybridized carbons (Fsp3) is 0.304. The summed E-state index contributed by atoms with van der Waals surface area (Å²) in [4.78, 5) is 33.4. The molecule has 0 amide bonds. The summed E-state index contributed by atoms with van der Waals surface area (Å²) in [7, 11) is 7.12. The van der Waals surface area contributed by atoms with E-state index in [2.05, 4.69) is 10.1 Å². The van der Waals surface area contributed by atoms with E-state index in [0.717, 1.165) is 22.5 Å². The summed E-state index contributed by atoms with van der Waals surface area (Å²) in [5.41, 5.74) is 4.37. The third-order valence-electron chi connectivity index (χ3n) is 5.71. The highest BCUT2D eigenvalue weighted by molar-refractivity contribution is 7.07. The second-order valence-electron chi connectivity index (χ2n) is 7.87. The van der Waals surface area contributed by atoms with E-state index in [-0.39, 0.29) is 5.56 Å². The van der Waals surface area contributed by atoms with Gasteiger partial charge in [-0.05, 0) is 37.6 Å². The average Bonchev–Trinajstić information content (AvgIpc) is 3.25. The highest BCUT2D eigenvalue weighted by Crippen LogP contribution is 2.31. The zero-order valence-corrected chi connectivity index (χ0v) is 19.7. The number of nitrogens with zero attached hydrogens (tertiary/aromatic N) is 5. The van der Waals surface area contributed by atoms with Gasteiger partial charge in [0.25, 0.3) is 5.56 Å². The van der Waals surface area contributed by atoms with Gasteiger partial charge in [0.15, 0.2) is 4.80 Å². The molecule has 9 heteroatoms. The number of esters is 1. The number of hydrogen-bond donors (Lipinski definition) is 0. The van der Waals surface area contributed by atoms with Gasteiger partial charge in [0.1, 0.15) is 0 Å². The number of aryl methyl sites for hydroxylation is 1. The van der Waals surface area contributed by atoms with Gasteiger partial charge in [-0.2, -0.15) is 5.10 Å². The quantitative estimate of drug-likeness (QED) is 0.562. The van der Waals surface area contributed by atoms with Crippen molar-refractivity contribution in [1.82, 2.24) is 14.3 Å². The van der Waals surface area contributed by atoms with Crippen molar-refractivity contribution in [2.45, 2.75) is 19.9 Å². The van der Waals surface area contributed by atoms with Crippen LogP contribution in [-0.4, -0.2) is 41.5 Å². The maximum atomic E-state index is 13.5. The van der Waals surface area contributed by atoms with Crippen molar-refractivity contribution in [3.63, 3.8) is 0 Å². The molecule has 1 atom stereocenters. The number of thiazole rings is 1. The Bertz CT molecular complexity index is 1410. The van der Waals surface area contributed by atoms with Gasteiger partial charge >= 0.3 is 5.97 Å². The van der Waals surface area contributed by atoms with Crippen LogP contribution in [-0.2, 0) is 16.6 Å². The number of rotatable bonds is 4. The molecular formula is C23H25N5O3S. The van der Waals surface area contributed by atoms with Crippen molar-refractivity contribution in [2.24, 2.45) is 12.0 Å². The molecule has 166 valence electrons. The van der Waals surface area contributed by atoms with Gasteiger partial charge in [-0.15, -0.1) is 0 Å². The monoisotopic (exact) mass is 451 g/mol. The number of methoxy groups -OCH3 is 1. The Morgan fingerprint density at radius 2 is 1.91 bits per heavy atom. The Morgan fingerprint density at radius 1 is 1.22 bits per heavy atom. The molecule has 0 saturated heterocycles. The second kappa shape index (κ2) is 8.23. The average molecular weight is 452 g/mol. The number of anilines is 1. The van der Waals surface area contributed by atoms with E-state index in [1.165, 1.54) is 18.4 Å². The number of fused-ring (bicyclic) bond motifs is 1. The van der Waals surface area contributed by atoms with Crippen LogP contribution in [0.4, 0.5) is 5.69 Å². The first kappa shape index (κ1) is 21.8. The Labute approximate surface area is 189 Å². The van der Waals surface area contributed by atoms with Crippen LogP contribution in [0, 0.1) is 6.92 Å². The SMILES string of the molecule is COC(=O)C1=C(C)N=c2sc(=Cc3cnn(C)c3C)c(=O)n2C1c1ccc(N(C)C)cc1. The Morgan fingerprint density at radius 3 is 2.47 bits per heavy atom. The molecule has 1 aromatic carbocycles. The topological polar surface area (TPSA) is 81.7 Å². The van der Waals surface area contributed by atoms with Crippen molar-refractivity contribution in [3.8, 4) is 0 Å². The van der Waals surface area contributed by atoms with Crippen LogP contribution in [0.3, 0.4) is 0 Å². The minimum Gasteiger partial charge on any atom is -0.466 e. The van der Waals surface area contributed by atoms with Crippen LogP contribution >= 0.6 is 11.3 Å². The summed E-state index contributed by atoms with van der Waals surface area (Å²) in [6.45, 7) is 3.72. The third kappa shape index (κ3) is 3.58. The molecule has 8 nitrogen and oxygen atoms in total. The minimum absolute atomic E-state index is 0.201. The van der Waals surface area contributed by atoms with Crippen molar-refractivity contribution >= 4 is 29.1 Å². The number of carbonyl (C=O) groups excluding carboxylic acids is 1. The zero-order chi connectivity index (χ0) is 23.2. The summed E-state index contributed by atoms with van der Waals surface area (Å²) in [6.07, 6.45) is 3.56. The van der Waals surface area contributed by atoms with Gasteiger partial charge in [-0.1, -0.05) is 23.5 Å². The number of hydrogen-bond acceptors (Lipinski definition) is 7. The standard InChI is InChI=1S/C23H25N5O3S/c1-13-19(22(30)31-6)20(15-7-9-17(10-8-15)26(3)4)28-21(29)18(32-23(28)25-13)11-16-12-24-27(5)14(16)2/h7-12,20H,1-6H3. The van der Waals surface area contributed by atoms with Gasteiger partial charge < -0.3 is 9.64 Å². The van der Waals surface area contributed by atoms with Crippen LogP contribution < -0.4 is 19.8 Å². The molecule has 0 spiro atoms. The molecule has 0 fully saturated rings. The number of benzene rings is 1. The third-order valence-corrected chi connectivity index (χ3v) is 6.69. The number of aromatic nitrogens is 3. The Hall–Kier alpha value is -3.46. The van der Waals surface area contributed by atoms with E-state index in [1.807, 2.05) is 63.3 Å². The lowest BCUT2D eigenvalue weighted by Gasteiger charge is -2.25. The molecule has 0 N–H and O–H groups in total. The molecule has 1 aliphatic rings. The van der Waals surface area contributed by atoms with E-state index >= 15 is 0 Å². The molecule has 4 rings (SSSR count). The van der Waals surface area contributed by atoms with E-state index in [4.69, 9.17) is 4.74 Å². The van der Waals surface area contributed by atoms with E-state index < -0.39 is 12.0 Å². The number of carbonyl (C=O) groups is 1. The first-order valence-electron chi connectivity index (χ1n) is 10.1. The minimum atomic E-state index is -0.618. The highest BCUT2D eigenvalue weighted by Gasteiger charge is 2.33. The van der Waals surface area contributed by atoms with Crippen molar-refractivity contribution in [2.75, 3.05) is 26.1 Å². The van der Waals surface area contributed by atoms with Crippen molar-refractivity contribution in [3.05, 3.63) is 78.2 Å². The van der Waals surface area contributed by atoms with Gasteiger partial charge in [0.05, 0.1) is 35.2 Å². The van der Waals surface area contributed by atoms with E-state index in [1.54, 1.807) is 22.4 Å². The maximum Gasteiger partial charge on any atom is 0.338 e. The van der Waals surface area contributed by atoms with Crippen LogP contribution in [0.25, 0.3) is 6.08 Å². The molecule has 0 aliphatic carbocycles. The van der Waals surface area contributed by atoms with Gasteiger partial charge in [0, 0.05) is 38.1 Å². The second-order valence-corrected chi connectivity index (χ2v) is 8.88. The summed E-state index contributed by atoms with van der Waals surface area (Å²) < 4.78 is 8.94. The number of allylic oxidation sites excluding steroid dienone is 1. The molecule has 1 unspecified atom stereocenters. The summed E-state index contributed by atoms with van der Waals surface area (Å²) in [5, 5.41) is 4.25. The molecule has 1 aliphatic heterocycles. The normalized spacial score (nSPS) is 16.1. The zero-order valence-electron chi connectivity index (χ0n) is 18.9. The van der Waals surface area contributed by atoms with E-state index in [0.29, 0.717) is 20.6 Å². The fourth-order valence-corrected chi connectivity index (χ4v) is 4.80. The van der Waals surface area contributed by atoms with Crippen LogP contribution in [0.1, 0.15) is 29.8 Å². The summed E-state index contributed by atoms with van der Waals surface area (Å²) in [5.74, 6) is -0.495. The fourth-order valence-electron chi connectivity index (χ4n) is 3.76. The lowest BCUT2D eigenvalue weighted by Crippen LogP contribution is -2.39. The lowest BCUT2D eigenvalue weighted by atomic mass is 9.95. The van der Waals surface area contributed by atoms with Crippen LogP contribution in [0.2, 0.25) is 0 Å². The van der Waals surface area contributed by atoms with Gasteiger partial charge in [-0.25, -0.2) is 9.79 Å². The Kier molecular flexibility index (Phi) is 5.60. The van der Waals surface area contributed by atoms with E-state index in [9.17, 15) is 9.59 Å². The molecule has 0 bridgehead atoms. The Balaban J connectivity index is 1.96. The first-order chi connectivity index (χ1) is 15.2. The largest absolute Gasteiger partial charge is 0.466 e. The van der Waals surface area contributed by atoms with Gasteiger partial charge in [0.2, 0.25) is 0 Å². The molecule has 2 aromatic heterocycles. The van der Waals surface area contributed by atoms with Crippen molar-refractivity contribution in [1.29, 1.82) is 0 Å². The maximum absolute atomic E-state index is 13.5. The highest BCUT2D eigenvalue weighted by atomic mass is 32.1. The predicted molar refractivity (Wildman–Crippen MR) is 124 cm³/mol. The molecule has 0 saturated carbocycles. The summed E-state index contributed by atoms with van der Waals surface area (Å²) in [6, 6.07) is 7.18. The molecular weight excluding hydrogens is 426 g/mol. The van der Waals surface area contributed by atoms with Crippen LogP contribution in [0.5, 0.6) is 0 Å². The molecule has 3 aromatic rings. The molecule has 0 radical (unpaired) electrons. The summed E-state index contributed by atoms with van der Waals surface area (Å²) >= 11 is 1.30. The van der Waals surface area contributed by atoms with Gasteiger partial charge in [-0.3, -0.25) is 14.0 Å². The number of ether oxygens (including phenoxy) is 1. The lowest BCUT2D eigenvalue weighted by molar-refractivity contribution is -0.136. The first-order valence-corrected chi connectivity index (χ1v) is 10.9. The predicted octanol–water partition coefficient (Wildman–Crippen LogP) is 1.52. The van der Waals surface area contributed by atoms with Crippen molar-refractivity contribution < 1.29 is 9.53 Å². The molecule has 3 heterocycles. The smallest absolute Gasteiger partial charge is 0.338 e.